The fourth-order valence-electron chi connectivity index (χ4n) is 3.32. The highest BCUT2D eigenvalue weighted by Crippen LogP contribution is 2.22. The van der Waals surface area contributed by atoms with Gasteiger partial charge in [-0.3, -0.25) is 4.79 Å². The molecule has 29 heavy (non-hydrogen) atoms. The third-order valence-electron chi connectivity index (χ3n) is 4.92. The number of fused-ring (bicyclic) bond motifs is 1. The number of anilines is 2. The Hall–Kier alpha value is -3.03. The lowest BCUT2D eigenvalue weighted by molar-refractivity contribution is -0.111. The summed E-state index contributed by atoms with van der Waals surface area (Å²) in [7, 11) is -1.23. The Morgan fingerprint density at radius 3 is 2.41 bits per heavy atom. The van der Waals surface area contributed by atoms with Crippen molar-refractivity contribution in [3.8, 4) is 0 Å². The summed E-state index contributed by atoms with van der Waals surface area (Å²) < 4.78 is 14.9. The van der Waals surface area contributed by atoms with E-state index in [4.69, 9.17) is 0 Å². The normalized spacial score (nSPS) is 15.8. The van der Waals surface area contributed by atoms with Crippen LogP contribution in [0.25, 0.3) is 10.8 Å². The van der Waals surface area contributed by atoms with Crippen LogP contribution in [0.4, 0.5) is 11.5 Å². The van der Waals surface area contributed by atoms with Gasteiger partial charge < -0.3 is 10.2 Å². The Bertz CT molecular complexity index is 1060. The van der Waals surface area contributed by atoms with Crippen LogP contribution in [0.3, 0.4) is 0 Å². The van der Waals surface area contributed by atoms with E-state index in [2.05, 4.69) is 40.0 Å². The minimum atomic E-state index is -1.23. The van der Waals surface area contributed by atoms with Gasteiger partial charge in [-0.15, -0.1) is 0 Å². The molecule has 3 aromatic rings. The van der Waals surface area contributed by atoms with Crippen molar-refractivity contribution >= 4 is 39.2 Å². The molecule has 1 atom stereocenters. The highest BCUT2D eigenvalue weighted by atomic mass is 32.2. The summed E-state index contributed by atoms with van der Waals surface area (Å²) >= 11 is 0. The number of nitrogens with one attached hydrogen (secondary N) is 1. The summed E-state index contributed by atoms with van der Waals surface area (Å²) in [4.78, 5) is 18.9. The third kappa shape index (κ3) is 4.36. The van der Waals surface area contributed by atoms with Crippen LogP contribution in [0.15, 0.2) is 78.3 Å². The Labute approximate surface area is 172 Å². The van der Waals surface area contributed by atoms with E-state index in [0.717, 1.165) is 29.2 Å². The van der Waals surface area contributed by atoms with Gasteiger partial charge in [0.2, 0.25) is 5.91 Å². The molecule has 0 bridgehead atoms. The van der Waals surface area contributed by atoms with Gasteiger partial charge in [0.05, 0.1) is 4.90 Å². The quantitative estimate of drug-likeness (QED) is 0.661. The zero-order chi connectivity index (χ0) is 20.2. The molecule has 6 nitrogen and oxygen atoms in total. The van der Waals surface area contributed by atoms with Crippen LogP contribution < -0.4 is 10.2 Å². The van der Waals surface area contributed by atoms with E-state index in [1.165, 1.54) is 11.5 Å². The van der Waals surface area contributed by atoms with E-state index < -0.39 is 11.0 Å². The first-order valence-corrected chi connectivity index (χ1v) is 10.5. The molecule has 1 aromatic heterocycles. The summed E-state index contributed by atoms with van der Waals surface area (Å²) in [6.45, 7) is 6.35. The van der Waals surface area contributed by atoms with Crippen LogP contribution in [0.5, 0.6) is 0 Å². The lowest BCUT2D eigenvalue weighted by atomic mass is 10.2. The number of carbonyl (C=O) groups is 1. The molecule has 7 heteroatoms. The van der Waals surface area contributed by atoms with Gasteiger partial charge in [-0.2, -0.15) is 0 Å². The number of benzene rings is 2. The molecule has 148 valence electrons. The lowest BCUT2D eigenvalue weighted by Gasteiger charge is -2.34. The van der Waals surface area contributed by atoms with Gasteiger partial charge >= 0.3 is 0 Å². The topological polar surface area (TPSA) is 65.5 Å². The molecule has 1 fully saturated rings. The van der Waals surface area contributed by atoms with Crippen LogP contribution >= 0.6 is 0 Å². The second kappa shape index (κ2) is 8.55. The molecule has 0 spiro atoms. The minimum Gasteiger partial charge on any atom is -0.354 e. The molecule has 1 aliphatic rings. The molecule has 1 unspecified atom stereocenters. The van der Waals surface area contributed by atoms with Crippen molar-refractivity contribution in [1.82, 2.24) is 9.29 Å². The second-order valence-electron chi connectivity index (χ2n) is 6.77. The van der Waals surface area contributed by atoms with Crippen LogP contribution in [0.2, 0.25) is 0 Å². The van der Waals surface area contributed by atoms with Gasteiger partial charge in [0, 0.05) is 43.4 Å². The van der Waals surface area contributed by atoms with Crippen LogP contribution in [-0.2, 0) is 15.8 Å². The second-order valence-corrected chi connectivity index (χ2v) is 8.26. The summed E-state index contributed by atoms with van der Waals surface area (Å²) in [5.74, 6) is 0.689. The summed E-state index contributed by atoms with van der Waals surface area (Å²) in [5, 5.41) is 4.99. The first-order chi connectivity index (χ1) is 14.1. The Kier molecular flexibility index (Phi) is 5.69. The van der Waals surface area contributed by atoms with Crippen LogP contribution in [0, 0.1) is 0 Å². The Morgan fingerprint density at radius 1 is 1.03 bits per heavy atom. The number of carbonyl (C=O) groups excluding carboxylic acids is 1. The summed E-state index contributed by atoms with van der Waals surface area (Å²) in [6.07, 6.45) is 3.12. The molecule has 1 N–H and O–H groups in total. The van der Waals surface area contributed by atoms with Crippen molar-refractivity contribution in [3.05, 3.63) is 73.4 Å². The minimum absolute atomic E-state index is 0.266. The monoisotopic (exact) mass is 406 g/mol. The van der Waals surface area contributed by atoms with E-state index in [1.54, 1.807) is 24.3 Å². The highest BCUT2D eigenvalue weighted by molar-refractivity contribution is 7.82. The lowest BCUT2D eigenvalue weighted by Crippen LogP contribution is -2.47. The average Bonchev–Trinajstić information content (AvgIpc) is 2.79. The third-order valence-corrected chi connectivity index (χ3v) is 6.43. The Morgan fingerprint density at radius 2 is 1.72 bits per heavy atom. The number of piperazine rings is 1. The predicted octanol–water partition coefficient (Wildman–Crippen LogP) is 3.20. The van der Waals surface area contributed by atoms with E-state index >= 15 is 0 Å². The maximum atomic E-state index is 12.9. The molecule has 4 rings (SSSR count). The molecule has 0 radical (unpaired) electrons. The molecular weight excluding hydrogens is 384 g/mol. The number of rotatable bonds is 5. The van der Waals surface area contributed by atoms with Gasteiger partial charge in [0.15, 0.2) is 0 Å². The predicted molar refractivity (Wildman–Crippen MR) is 117 cm³/mol. The van der Waals surface area contributed by atoms with E-state index in [1.807, 2.05) is 22.6 Å². The number of hydrogen-bond acceptors (Lipinski definition) is 4. The fraction of sp³-hybridized carbons (Fsp3) is 0.182. The van der Waals surface area contributed by atoms with E-state index in [9.17, 15) is 9.00 Å². The van der Waals surface area contributed by atoms with Crippen LogP contribution in [-0.4, -0.2) is 45.6 Å². The molecule has 1 amide bonds. The van der Waals surface area contributed by atoms with Crippen molar-refractivity contribution in [2.24, 2.45) is 0 Å². The average molecular weight is 407 g/mol. The number of aromatic nitrogens is 1. The van der Waals surface area contributed by atoms with Gasteiger partial charge in [-0.25, -0.2) is 13.5 Å². The van der Waals surface area contributed by atoms with Gasteiger partial charge in [-0.1, -0.05) is 30.8 Å². The van der Waals surface area contributed by atoms with Crippen LogP contribution in [0.1, 0.15) is 0 Å². The largest absolute Gasteiger partial charge is 0.354 e. The zero-order valence-electron chi connectivity index (χ0n) is 16.0. The molecular formula is C22H22N4O2S. The Balaban J connectivity index is 1.39. The number of pyridine rings is 1. The van der Waals surface area contributed by atoms with Gasteiger partial charge in [-0.05, 0) is 41.8 Å². The van der Waals surface area contributed by atoms with Crippen molar-refractivity contribution in [2.75, 3.05) is 36.4 Å². The first kappa shape index (κ1) is 19.3. The SMILES string of the molecule is C=CC(=O)Nc1ccc(S(=O)N2CCN(c3cc4ccccc4cn3)CC2)cc1. The molecule has 0 aliphatic carbocycles. The van der Waals surface area contributed by atoms with E-state index in [-0.39, 0.29) is 5.91 Å². The maximum Gasteiger partial charge on any atom is 0.247 e. The van der Waals surface area contributed by atoms with Crippen molar-refractivity contribution in [2.45, 2.75) is 4.90 Å². The van der Waals surface area contributed by atoms with Crippen molar-refractivity contribution in [1.29, 1.82) is 0 Å². The first-order valence-electron chi connectivity index (χ1n) is 9.44. The molecule has 1 saturated heterocycles. The number of hydrogen-bond donors (Lipinski definition) is 1. The molecule has 1 aliphatic heterocycles. The molecule has 2 aromatic carbocycles. The fourth-order valence-corrected chi connectivity index (χ4v) is 4.49. The summed E-state index contributed by atoms with van der Waals surface area (Å²) in [6, 6.07) is 17.4. The molecule has 0 saturated carbocycles. The highest BCUT2D eigenvalue weighted by Gasteiger charge is 2.23. The van der Waals surface area contributed by atoms with Crippen molar-refractivity contribution in [3.63, 3.8) is 0 Å². The summed E-state index contributed by atoms with van der Waals surface area (Å²) in [5.41, 5.74) is 0.655. The van der Waals surface area contributed by atoms with E-state index in [0.29, 0.717) is 18.8 Å². The molecule has 2 heterocycles. The zero-order valence-corrected chi connectivity index (χ0v) is 16.8. The number of nitrogens with zero attached hydrogens (tertiary/aromatic N) is 3. The smallest absolute Gasteiger partial charge is 0.247 e. The van der Waals surface area contributed by atoms with Gasteiger partial charge in [0.1, 0.15) is 16.8 Å². The number of amides is 1. The standard InChI is InChI=1S/C22H22N4O2S/c1-2-22(27)24-19-7-9-20(10-8-19)29(28)26-13-11-25(12-14-26)21-15-17-5-3-4-6-18(17)16-23-21/h2-10,15-16H,1,11-14H2,(H,24,27). The van der Waals surface area contributed by atoms with Gasteiger partial charge in [0.25, 0.3) is 0 Å². The van der Waals surface area contributed by atoms with Crippen molar-refractivity contribution < 1.29 is 9.00 Å². The maximum absolute atomic E-state index is 12.9.